The molecule has 5 N–H and O–H groups in total. The van der Waals surface area contributed by atoms with Crippen molar-refractivity contribution in [2.45, 2.75) is 87.3 Å². The fraction of sp³-hybridized carbons (Fsp3) is 0.419. The number of aliphatic hydroxyl groups is 4. The Morgan fingerprint density at radius 3 is 2.14 bits per heavy atom. The highest BCUT2D eigenvalue weighted by Gasteiger charge is 2.44. The highest BCUT2D eigenvalue weighted by atomic mass is 35.5. The molecule has 3 fully saturated rings. The molecule has 7 rings (SSSR count). The Balaban J connectivity index is 0.000000199. The summed E-state index contributed by atoms with van der Waals surface area (Å²) in [4.78, 5) is 27.2. The Morgan fingerprint density at radius 1 is 0.842 bits per heavy atom. The molecule has 2 saturated heterocycles. The van der Waals surface area contributed by atoms with Gasteiger partial charge in [-0.15, -0.1) is 0 Å². The molecule has 0 radical (unpaired) electrons. The normalized spacial score (nSPS) is 23.1. The van der Waals surface area contributed by atoms with Crippen molar-refractivity contribution in [2.24, 2.45) is 0 Å². The van der Waals surface area contributed by atoms with Gasteiger partial charge in [0.2, 0.25) is 5.91 Å². The maximum absolute atomic E-state index is 11.6. The van der Waals surface area contributed by atoms with Crippen molar-refractivity contribution in [3.63, 3.8) is 0 Å². The lowest BCUT2D eigenvalue weighted by Crippen LogP contribution is -2.55. The number of ether oxygens (including phenoxy) is 4. The molecule has 57 heavy (non-hydrogen) atoms. The fourth-order valence-corrected chi connectivity index (χ4v) is 7.41. The van der Waals surface area contributed by atoms with Crippen molar-refractivity contribution in [1.82, 2.24) is 10.3 Å². The second kappa shape index (κ2) is 20.6. The van der Waals surface area contributed by atoms with Crippen LogP contribution in [-0.4, -0.2) is 98.8 Å². The molecule has 1 unspecified atom stereocenters. The minimum absolute atomic E-state index is 0.211. The zero-order valence-electron chi connectivity index (χ0n) is 31.7. The Morgan fingerprint density at radius 2 is 1.53 bits per heavy atom. The number of pyridine rings is 1. The number of hydrogen-bond acceptors (Lipinski definition) is 12. The lowest BCUT2D eigenvalue weighted by Gasteiger charge is -2.40. The Hall–Kier alpha value is -4.05. The van der Waals surface area contributed by atoms with E-state index in [4.69, 9.17) is 30.5 Å². The molecule has 0 spiro atoms. The van der Waals surface area contributed by atoms with Gasteiger partial charge >= 0.3 is 0 Å². The van der Waals surface area contributed by atoms with Crippen molar-refractivity contribution in [1.29, 1.82) is 0 Å². The number of thioether (sulfide) groups is 1. The lowest BCUT2D eigenvalue weighted by molar-refractivity contribution is -0.231. The first-order valence-corrected chi connectivity index (χ1v) is 20.4. The standard InChI is InChI=1S/C24H29ClO7.C19H20N2O3S/c25-19-8-3-15(24-23(29)22(28)21(27)20(13-26)32-24)12-16(19)11-14-1-4-17(5-2-14)30-9-10-31-18-6-7-18;1-2-13-3-6-15(20-12-13)9-10-24-16-7-4-14(5-8-16)11-17-18(22)21-19(23)25-17/h1-5,8,12,18,20-24,26-29H,6-7,9-11,13H2;3-8,12,17H,2,9-11H2,1H3,(H,21,22,23)/t20-,21-,22+,23-,24+;/m1./s1. The highest BCUT2D eigenvalue weighted by molar-refractivity contribution is 8.15. The minimum atomic E-state index is -1.42. The molecule has 4 aromatic rings. The van der Waals surface area contributed by atoms with Crippen molar-refractivity contribution in [3.05, 3.63) is 124 Å². The molecule has 3 aliphatic rings. The van der Waals surface area contributed by atoms with Gasteiger partial charge in [-0.1, -0.05) is 72.8 Å². The predicted molar refractivity (Wildman–Crippen MR) is 216 cm³/mol. The molecule has 3 heterocycles. The number of hydrogen-bond donors (Lipinski definition) is 5. The zero-order valence-corrected chi connectivity index (χ0v) is 33.2. The summed E-state index contributed by atoms with van der Waals surface area (Å²) in [5.74, 6) is 1.35. The number of carbonyl (C=O) groups is 2. The summed E-state index contributed by atoms with van der Waals surface area (Å²) in [7, 11) is 0. The van der Waals surface area contributed by atoms with Gasteiger partial charge in [-0.2, -0.15) is 0 Å². The monoisotopic (exact) mass is 820 g/mol. The second-order valence-corrected chi connectivity index (χ2v) is 15.8. The first-order valence-electron chi connectivity index (χ1n) is 19.2. The first kappa shape index (κ1) is 42.6. The average Bonchev–Trinajstić information content (AvgIpc) is 4.00. The largest absolute Gasteiger partial charge is 0.493 e. The van der Waals surface area contributed by atoms with Crippen LogP contribution in [0.2, 0.25) is 5.02 Å². The van der Waals surface area contributed by atoms with Crippen LogP contribution >= 0.6 is 23.4 Å². The topological polar surface area (TPSA) is 177 Å². The van der Waals surface area contributed by atoms with Gasteiger partial charge in [0.15, 0.2) is 0 Å². The van der Waals surface area contributed by atoms with Gasteiger partial charge in [0, 0.05) is 23.3 Å². The molecule has 1 aromatic heterocycles. The smallest absolute Gasteiger partial charge is 0.286 e. The maximum Gasteiger partial charge on any atom is 0.286 e. The van der Waals surface area contributed by atoms with E-state index < -0.39 is 37.1 Å². The van der Waals surface area contributed by atoms with E-state index in [-0.39, 0.29) is 16.4 Å². The molecule has 0 bridgehead atoms. The molecule has 1 aliphatic carbocycles. The van der Waals surface area contributed by atoms with Crippen LogP contribution in [0.5, 0.6) is 11.5 Å². The number of aliphatic hydroxyl groups excluding tert-OH is 4. The van der Waals surface area contributed by atoms with Gasteiger partial charge in [-0.05, 0) is 96.3 Å². The van der Waals surface area contributed by atoms with Crippen LogP contribution in [-0.2, 0) is 40.0 Å². The number of benzene rings is 3. The average molecular weight is 821 g/mol. The van der Waals surface area contributed by atoms with E-state index in [0.29, 0.717) is 49.4 Å². The number of nitrogens with zero attached hydrogens (tertiary/aromatic N) is 1. The molecule has 3 aromatic carbocycles. The third kappa shape index (κ3) is 12.2. The molecule has 1 saturated carbocycles. The summed E-state index contributed by atoms with van der Waals surface area (Å²) in [6.45, 7) is 3.31. The molecular weight excluding hydrogens is 772 g/mol. The molecule has 2 aliphatic heterocycles. The highest BCUT2D eigenvalue weighted by Crippen LogP contribution is 2.35. The summed E-state index contributed by atoms with van der Waals surface area (Å²) < 4.78 is 22.7. The molecule has 2 amide bonds. The Kier molecular flexibility index (Phi) is 15.4. The first-order chi connectivity index (χ1) is 27.6. The summed E-state index contributed by atoms with van der Waals surface area (Å²) in [5, 5.41) is 42.2. The third-order valence-electron chi connectivity index (χ3n) is 9.87. The number of carbonyl (C=O) groups excluding carboxylic acids is 2. The molecule has 14 heteroatoms. The quantitative estimate of drug-likeness (QED) is 0.0941. The van der Waals surface area contributed by atoms with Gasteiger partial charge in [0.25, 0.3) is 5.24 Å². The summed E-state index contributed by atoms with van der Waals surface area (Å²) in [5.41, 5.74) is 5.72. The molecule has 6 atom stereocenters. The number of aryl methyl sites for hydroxylation is 1. The number of nitrogens with one attached hydrogen (secondary N) is 1. The predicted octanol–water partition coefficient (Wildman–Crippen LogP) is 5.16. The van der Waals surface area contributed by atoms with Crippen LogP contribution in [0.1, 0.15) is 59.4 Å². The van der Waals surface area contributed by atoms with E-state index in [0.717, 1.165) is 71.3 Å². The van der Waals surface area contributed by atoms with E-state index in [1.165, 1.54) is 5.56 Å². The van der Waals surface area contributed by atoms with Crippen molar-refractivity contribution in [2.75, 3.05) is 26.4 Å². The van der Waals surface area contributed by atoms with Gasteiger partial charge < -0.3 is 39.4 Å². The van der Waals surface area contributed by atoms with E-state index >= 15 is 0 Å². The Bertz CT molecular complexity index is 1910. The summed E-state index contributed by atoms with van der Waals surface area (Å²) in [6.07, 6.45) is 1.46. The van der Waals surface area contributed by atoms with E-state index in [9.17, 15) is 30.0 Å². The molecular formula is C43H49ClN2O10S. The maximum atomic E-state index is 11.6. The van der Waals surface area contributed by atoms with E-state index in [2.05, 4.69) is 23.3 Å². The van der Waals surface area contributed by atoms with Crippen LogP contribution in [0.3, 0.4) is 0 Å². The number of aromatic nitrogens is 1. The Labute approximate surface area is 341 Å². The van der Waals surface area contributed by atoms with Crippen LogP contribution in [0.4, 0.5) is 4.79 Å². The van der Waals surface area contributed by atoms with Gasteiger partial charge in [-0.3, -0.25) is 19.9 Å². The van der Waals surface area contributed by atoms with Gasteiger partial charge in [-0.25, -0.2) is 0 Å². The van der Waals surface area contributed by atoms with Crippen LogP contribution in [0, 0.1) is 0 Å². The number of imide groups is 1. The van der Waals surface area contributed by atoms with Gasteiger partial charge in [0.1, 0.15) is 48.6 Å². The molecule has 304 valence electrons. The fourth-order valence-electron chi connectivity index (χ4n) is 6.37. The van der Waals surface area contributed by atoms with Crippen molar-refractivity contribution >= 4 is 34.5 Å². The van der Waals surface area contributed by atoms with Crippen LogP contribution in [0.15, 0.2) is 85.1 Å². The summed E-state index contributed by atoms with van der Waals surface area (Å²) in [6, 6.07) is 24.8. The summed E-state index contributed by atoms with van der Waals surface area (Å²) >= 11 is 7.45. The number of rotatable bonds is 16. The van der Waals surface area contributed by atoms with E-state index in [1.54, 1.807) is 12.1 Å². The van der Waals surface area contributed by atoms with Gasteiger partial charge in [0.05, 0.1) is 31.2 Å². The number of halogens is 1. The van der Waals surface area contributed by atoms with Crippen molar-refractivity contribution < 1.29 is 49.0 Å². The lowest BCUT2D eigenvalue weighted by atomic mass is 9.90. The third-order valence-corrected chi connectivity index (χ3v) is 11.2. The zero-order chi connectivity index (χ0) is 40.3. The molecule has 12 nitrogen and oxygen atoms in total. The second-order valence-electron chi connectivity index (χ2n) is 14.2. The van der Waals surface area contributed by atoms with Crippen LogP contribution < -0.4 is 14.8 Å². The van der Waals surface area contributed by atoms with Crippen LogP contribution in [0.25, 0.3) is 0 Å². The SMILES string of the molecule is CCc1ccc(CCOc2ccc(CC3SC(=O)NC3=O)cc2)nc1.OC[C@H]1O[C@@H](c2ccc(Cl)c(Cc3ccc(OCCOC4CC4)cc3)c2)[C@H](O)[C@@H](O)[C@@H]1O. The van der Waals surface area contributed by atoms with E-state index in [1.807, 2.05) is 66.9 Å². The van der Waals surface area contributed by atoms with Crippen molar-refractivity contribution in [3.8, 4) is 11.5 Å². The number of amides is 2. The minimum Gasteiger partial charge on any atom is -0.493 e.